The van der Waals surface area contributed by atoms with E-state index in [-0.39, 0.29) is 23.3 Å². The van der Waals surface area contributed by atoms with E-state index in [0.717, 1.165) is 12.0 Å². The van der Waals surface area contributed by atoms with Crippen molar-refractivity contribution in [1.29, 1.82) is 0 Å². The molecule has 138 valence electrons. The van der Waals surface area contributed by atoms with Crippen LogP contribution in [0.3, 0.4) is 0 Å². The molecule has 26 heavy (non-hydrogen) atoms. The highest BCUT2D eigenvalue weighted by Crippen LogP contribution is 2.29. The summed E-state index contributed by atoms with van der Waals surface area (Å²) in [7, 11) is 0. The molecule has 2 amide bonds. The zero-order valence-corrected chi connectivity index (χ0v) is 16.0. The number of rotatable bonds is 6. The average Bonchev–Trinajstić information content (AvgIpc) is 2.61. The number of benzene rings is 2. The van der Waals surface area contributed by atoms with Crippen LogP contribution in [-0.2, 0) is 4.79 Å². The van der Waals surface area contributed by atoms with Gasteiger partial charge in [0.2, 0.25) is 5.91 Å². The maximum absolute atomic E-state index is 12.8. The second-order valence-electron chi connectivity index (χ2n) is 7.68. The van der Waals surface area contributed by atoms with Gasteiger partial charge in [0.15, 0.2) is 0 Å². The molecule has 2 N–H and O–H groups in total. The molecule has 0 heterocycles. The van der Waals surface area contributed by atoms with Gasteiger partial charge in [-0.25, -0.2) is 0 Å². The van der Waals surface area contributed by atoms with Crippen molar-refractivity contribution in [1.82, 2.24) is 5.32 Å². The van der Waals surface area contributed by atoms with Crippen molar-refractivity contribution >= 4 is 17.5 Å². The van der Waals surface area contributed by atoms with Gasteiger partial charge < -0.3 is 10.6 Å². The fourth-order valence-electron chi connectivity index (χ4n) is 2.78. The van der Waals surface area contributed by atoms with Crippen LogP contribution in [0.4, 0.5) is 5.69 Å². The van der Waals surface area contributed by atoms with E-state index in [1.165, 1.54) is 0 Å². The fraction of sp³-hybridized carbons (Fsp3) is 0.364. The van der Waals surface area contributed by atoms with Crippen LogP contribution < -0.4 is 10.6 Å². The number of anilines is 1. The van der Waals surface area contributed by atoms with Crippen molar-refractivity contribution in [2.75, 3.05) is 5.32 Å². The van der Waals surface area contributed by atoms with Crippen LogP contribution in [0, 0.1) is 5.41 Å². The zero-order chi connectivity index (χ0) is 19.2. The molecule has 0 aromatic heterocycles. The summed E-state index contributed by atoms with van der Waals surface area (Å²) in [4.78, 5) is 24.4. The third kappa shape index (κ3) is 6.03. The summed E-state index contributed by atoms with van der Waals surface area (Å²) in [5, 5.41) is 5.94. The molecule has 1 atom stereocenters. The molecule has 4 heteroatoms. The first kappa shape index (κ1) is 19.7. The van der Waals surface area contributed by atoms with Crippen LogP contribution in [0.15, 0.2) is 54.6 Å². The van der Waals surface area contributed by atoms with E-state index in [4.69, 9.17) is 0 Å². The summed E-state index contributed by atoms with van der Waals surface area (Å²) >= 11 is 0. The summed E-state index contributed by atoms with van der Waals surface area (Å²) < 4.78 is 0. The molecule has 2 rings (SSSR count). The lowest BCUT2D eigenvalue weighted by atomic mass is 9.85. The minimum atomic E-state index is -0.143. The molecule has 2 aromatic carbocycles. The Labute approximate surface area is 156 Å². The number of carbonyl (C=O) groups excluding carboxylic acids is 2. The summed E-state index contributed by atoms with van der Waals surface area (Å²) in [6.07, 6.45) is 1.23. The first-order valence-electron chi connectivity index (χ1n) is 9.04. The smallest absolute Gasteiger partial charge is 0.251 e. The first-order chi connectivity index (χ1) is 12.3. The highest BCUT2D eigenvalue weighted by Gasteiger charge is 2.22. The Morgan fingerprint density at radius 2 is 1.69 bits per heavy atom. The van der Waals surface area contributed by atoms with E-state index < -0.39 is 0 Å². The normalized spacial score (nSPS) is 12.3. The predicted octanol–water partition coefficient (Wildman–Crippen LogP) is 4.94. The number of carbonyl (C=O) groups is 2. The molecule has 0 aliphatic rings. The Morgan fingerprint density at radius 3 is 2.31 bits per heavy atom. The van der Waals surface area contributed by atoms with Crippen LogP contribution in [0.5, 0.6) is 0 Å². The highest BCUT2D eigenvalue weighted by atomic mass is 16.2. The number of hydrogen-bond acceptors (Lipinski definition) is 2. The molecular weight excluding hydrogens is 324 g/mol. The standard InChI is InChI=1S/C22H28N2O2/c1-5-20(25)23-18-13-9-12-17(14-18)21(26)24-19(15-22(2,3)4)16-10-7-6-8-11-16/h6-14,19H,5,15H2,1-4H3,(H,23,25)(H,24,26). The van der Waals surface area contributed by atoms with Crippen LogP contribution in [0.25, 0.3) is 0 Å². The second-order valence-corrected chi connectivity index (χ2v) is 7.68. The van der Waals surface area contributed by atoms with Gasteiger partial charge in [0.25, 0.3) is 5.91 Å². The summed E-state index contributed by atoms with van der Waals surface area (Å²) in [6, 6.07) is 17.0. The lowest BCUT2D eigenvalue weighted by molar-refractivity contribution is -0.115. The molecule has 2 aromatic rings. The molecule has 0 saturated heterocycles. The minimum Gasteiger partial charge on any atom is -0.345 e. The van der Waals surface area contributed by atoms with Crippen molar-refractivity contribution in [3.05, 3.63) is 65.7 Å². The first-order valence-corrected chi connectivity index (χ1v) is 9.04. The lowest BCUT2D eigenvalue weighted by Crippen LogP contribution is -2.31. The van der Waals surface area contributed by atoms with Crippen LogP contribution >= 0.6 is 0 Å². The van der Waals surface area contributed by atoms with Gasteiger partial charge in [0, 0.05) is 17.7 Å². The van der Waals surface area contributed by atoms with E-state index in [1.54, 1.807) is 31.2 Å². The fourth-order valence-corrected chi connectivity index (χ4v) is 2.78. The van der Waals surface area contributed by atoms with Crippen molar-refractivity contribution in [2.24, 2.45) is 5.41 Å². The second kappa shape index (κ2) is 8.65. The largest absolute Gasteiger partial charge is 0.345 e. The molecule has 0 radical (unpaired) electrons. The number of nitrogens with one attached hydrogen (secondary N) is 2. The Morgan fingerprint density at radius 1 is 1.00 bits per heavy atom. The molecule has 0 spiro atoms. The molecule has 0 saturated carbocycles. The van der Waals surface area contributed by atoms with Crippen LogP contribution in [0.1, 0.15) is 62.5 Å². The summed E-state index contributed by atoms with van der Waals surface area (Å²) in [6.45, 7) is 8.28. The lowest BCUT2D eigenvalue weighted by Gasteiger charge is -2.27. The topological polar surface area (TPSA) is 58.2 Å². The van der Waals surface area contributed by atoms with Gasteiger partial charge in [-0.1, -0.05) is 64.1 Å². The van der Waals surface area contributed by atoms with E-state index in [1.807, 2.05) is 30.3 Å². The van der Waals surface area contributed by atoms with Gasteiger partial charge in [-0.05, 0) is 35.6 Å². The van der Waals surface area contributed by atoms with Gasteiger partial charge in [0.05, 0.1) is 6.04 Å². The molecule has 0 aliphatic heterocycles. The van der Waals surface area contributed by atoms with Crippen molar-refractivity contribution in [2.45, 2.75) is 46.6 Å². The Balaban J connectivity index is 2.19. The highest BCUT2D eigenvalue weighted by molar-refractivity contribution is 5.97. The monoisotopic (exact) mass is 352 g/mol. The quantitative estimate of drug-likeness (QED) is 0.773. The van der Waals surface area contributed by atoms with Gasteiger partial charge in [-0.15, -0.1) is 0 Å². The molecule has 0 bridgehead atoms. The van der Waals surface area contributed by atoms with Crippen molar-refractivity contribution in [3.8, 4) is 0 Å². The van der Waals surface area contributed by atoms with E-state index in [0.29, 0.717) is 17.7 Å². The molecule has 0 fully saturated rings. The number of hydrogen-bond donors (Lipinski definition) is 2. The van der Waals surface area contributed by atoms with Crippen LogP contribution in [-0.4, -0.2) is 11.8 Å². The Bertz CT molecular complexity index is 748. The Hall–Kier alpha value is -2.62. The molecule has 0 aliphatic carbocycles. The zero-order valence-electron chi connectivity index (χ0n) is 16.0. The molecule has 4 nitrogen and oxygen atoms in total. The summed E-state index contributed by atoms with van der Waals surface area (Å²) in [5.41, 5.74) is 2.33. The third-order valence-electron chi connectivity index (χ3n) is 4.05. The molecule has 1 unspecified atom stereocenters. The van der Waals surface area contributed by atoms with Crippen molar-refractivity contribution in [3.63, 3.8) is 0 Å². The van der Waals surface area contributed by atoms with E-state index in [9.17, 15) is 9.59 Å². The number of amides is 2. The van der Waals surface area contributed by atoms with Gasteiger partial charge in [-0.2, -0.15) is 0 Å². The SMILES string of the molecule is CCC(=O)Nc1cccc(C(=O)NC(CC(C)(C)C)c2ccccc2)c1. The van der Waals surface area contributed by atoms with Crippen molar-refractivity contribution < 1.29 is 9.59 Å². The third-order valence-corrected chi connectivity index (χ3v) is 4.05. The van der Waals surface area contributed by atoms with Gasteiger partial charge in [0.1, 0.15) is 0 Å². The molecular formula is C22H28N2O2. The maximum Gasteiger partial charge on any atom is 0.251 e. The summed E-state index contributed by atoms with van der Waals surface area (Å²) in [5.74, 6) is -0.215. The van der Waals surface area contributed by atoms with Crippen LogP contribution in [0.2, 0.25) is 0 Å². The Kier molecular flexibility index (Phi) is 6.56. The van der Waals surface area contributed by atoms with Gasteiger partial charge in [-0.3, -0.25) is 9.59 Å². The predicted molar refractivity (Wildman–Crippen MR) is 106 cm³/mol. The van der Waals surface area contributed by atoms with E-state index in [2.05, 4.69) is 31.4 Å². The average molecular weight is 352 g/mol. The maximum atomic E-state index is 12.8. The van der Waals surface area contributed by atoms with Gasteiger partial charge >= 0.3 is 0 Å². The minimum absolute atomic E-state index is 0.0717. The van der Waals surface area contributed by atoms with E-state index >= 15 is 0 Å².